The Morgan fingerprint density at radius 1 is 0.462 bits per heavy atom. The molecule has 10 heteroatoms. The number of esters is 2. The third kappa shape index (κ3) is 51.5. The molecule has 0 saturated carbocycles. The molecule has 0 amide bonds. The summed E-state index contributed by atoms with van der Waals surface area (Å²) in [6, 6.07) is 0. The van der Waals surface area contributed by atoms with E-state index in [-0.39, 0.29) is 38.6 Å². The molecular formula is C55H104NO8P. The summed E-state index contributed by atoms with van der Waals surface area (Å²) in [5, 5.41) is 0. The molecule has 0 spiro atoms. The van der Waals surface area contributed by atoms with Crippen LogP contribution < -0.4 is 5.73 Å². The first kappa shape index (κ1) is 63.2. The van der Waals surface area contributed by atoms with Gasteiger partial charge in [-0.1, -0.05) is 224 Å². The number of ether oxygens (including phenoxy) is 2. The lowest BCUT2D eigenvalue weighted by Crippen LogP contribution is -2.29. The minimum Gasteiger partial charge on any atom is -0.462 e. The van der Waals surface area contributed by atoms with E-state index >= 15 is 0 Å². The molecule has 0 saturated heterocycles. The highest BCUT2D eigenvalue weighted by molar-refractivity contribution is 7.47. The Kier molecular flexibility index (Phi) is 50.2. The number of carbonyl (C=O) groups is 2. The highest BCUT2D eigenvalue weighted by atomic mass is 31.2. The number of hydrogen-bond acceptors (Lipinski definition) is 8. The molecule has 0 aromatic heterocycles. The normalized spacial score (nSPS) is 13.4. The van der Waals surface area contributed by atoms with E-state index in [0.29, 0.717) is 6.42 Å². The predicted molar refractivity (Wildman–Crippen MR) is 275 cm³/mol. The highest BCUT2D eigenvalue weighted by Crippen LogP contribution is 2.43. The van der Waals surface area contributed by atoms with Gasteiger partial charge in [0.25, 0.3) is 0 Å². The monoisotopic (exact) mass is 938 g/mol. The van der Waals surface area contributed by atoms with Crippen LogP contribution in [-0.4, -0.2) is 49.3 Å². The summed E-state index contributed by atoms with van der Waals surface area (Å²) >= 11 is 0. The summed E-state index contributed by atoms with van der Waals surface area (Å²) in [7, 11) is -4.38. The van der Waals surface area contributed by atoms with Crippen LogP contribution in [0.15, 0.2) is 36.5 Å². The van der Waals surface area contributed by atoms with Gasteiger partial charge in [0.1, 0.15) is 6.61 Å². The predicted octanol–water partition coefficient (Wildman–Crippen LogP) is 16.8. The second kappa shape index (κ2) is 51.6. The molecule has 0 heterocycles. The summed E-state index contributed by atoms with van der Waals surface area (Å²) in [4.78, 5) is 35.0. The average Bonchev–Trinajstić information content (AvgIpc) is 3.30. The van der Waals surface area contributed by atoms with Crippen molar-refractivity contribution in [1.82, 2.24) is 0 Å². The zero-order valence-corrected chi connectivity index (χ0v) is 43.4. The molecule has 0 rings (SSSR count). The van der Waals surface area contributed by atoms with Crippen molar-refractivity contribution in [1.29, 1.82) is 0 Å². The van der Waals surface area contributed by atoms with E-state index in [1.807, 2.05) is 0 Å². The number of hydrogen-bond donors (Lipinski definition) is 2. The molecular weight excluding hydrogens is 834 g/mol. The largest absolute Gasteiger partial charge is 0.472 e. The van der Waals surface area contributed by atoms with Crippen molar-refractivity contribution in [3.05, 3.63) is 36.5 Å². The summed E-state index contributed by atoms with van der Waals surface area (Å²) in [5.41, 5.74) is 5.37. The summed E-state index contributed by atoms with van der Waals surface area (Å²) in [6.07, 6.45) is 60.7. The highest BCUT2D eigenvalue weighted by Gasteiger charge is 2.26. The van der Waals surface area contributed by atoms with E-state index in [0.717, 1.165) is 57.8 Å². The fourth-order valence-electron chi connectivity index (χ4n) is 7.90. The van der Waals surface area contributed by atoms with Gasteiger partial charge in [0.15, 0.2) is 6.10 Å². The molecule has 0 aromatic carbocycles. The Labute approximate surface area is 401 Å². The van der Waals surface area contributed by atoms with Gasteiger partial charge in [0.05, 0.1) is 13.2 Å². The van der Waals surface area contributed by atoms with E-state index in [1.165, 1.54) is 180 Å². The molecule has 0 fully saturated rings. The zero-order valence-electron chi connectivity index (χ0n) is 42.5. The van der Waals surface area contributed by atoms with Crippen molar-refractivity contribution in [2.75, 3.05) is 26.4 Å². The van der Waals surface area contributed by atoms with Gasteiger partial charge >= 0.3 is 19.8 Å². The molecule has 0 aromatic rings. The van der Waals surface area contributed by atoms with Gasteiger partial charge < -0.3 is 20.1 Å². The van der Waals surface area contributed by atoms with Gasteiger partial charge in [-0.15, -0.1) is 0 Å². The van der Waals surface area contributed by atoms with Crippen LogP contribution in [0.25, 0.3) is 0 Å². The van der Waals surface area contributed by atoms with Crippen LogP contribution >= 0.6 is 7.82 Å². The Hall–Kier alpha value is -1.77. The van der Waals surface area contributed by atoms with Crippen LogP contribution in [0.1, 0.15) is 271 Å². The fraction of sp³-hybridized carbons (Fsp3) is 0.855. The summed E-state index contributed by atoms with van der Waals surface area (Å²) in [5.74, 6) is -0.828. The van der Waals surface area contributed by atoms with Gasteiger partial charge in [-0.05, 0) is 70.6 Å². The number of carbonyl (C=O) groups excluding carboxylic acids is 2. The second-order valence-corrected chi connectivity index (χ2v) is 19.9. The minimum absolute atomic E-state index is 0.0536. The van der Waals surface area contributed by atoms with Crippen molar-refractivity contribution in [2.24, 2.45) is 5.73 Å². The Morgan fingerprint density at radius 2 is 0.800 bits per heavy atom. The molecule has 2 atom stereocenters. The Morgan fingerprint density at radius 3 is 1.20 bits per heavy atom. The van der Waals surface area contributed by atoms with E-state index < -0.39 is 26.5 Å². The lowest BCUT2D eigenvalue weighted by Gasteiger charge is -2.19. The first-order chi connectivity index (χ1) is 31.8. The molecule has 0 aliphatic rings. The van der Waals surface area contributed by atoms with Crippen LogP contribution in [0.5, 0.6) is 0 Å². The average molecular weight is 938 g/mol. The number of allylic oxidation sites excluding steroid dienone is 6. The Bertz CT molecular complexity index is 1160. The topological polar surface area (TPSA) is 134 Å². The van der Waals surface area contributed by atoms with Crippen LogP contribution in [0.4, 0.5) is 0 Å². The number of phosphoric ester groups is 1. The van der Waals surface area contributed by atoms with Crippen LogP contribution in [0.3, 0.4) is 0 Å². The zero-order chi connectivity index (χ0) is 47.4. The third-order valence-electron chi connectivity index (χ3n) is 12.0. The number of rotatable bonds is 52. The lowest BCUT2D eigenvalue weighted by molar-refractivity contribution is -0.161. The molecule has 9 nitrogen and oxygen atoms in total. The number of nitrogens with two attached hydrogens (primary N) is 1. The van der Waals surface area contributed by atoms with Gasteiger partial charge in [0.2, 0.25) is 0 Å². The molecule has 3 N–H and O–H groups in total. The molecule has 65 heavy (non-hydrogen) atoms. The van der Waals surface area contributed by atoms with Gasteiger partial charge in [-0.3, -0.25) is 18.6 Å². The number of phosphoric acid groups is 1. The fourth-order valence-corrected chi connectivity index (χ4v) is 8.66. The Balaban J connectivity index is 3.87. The molecule has 382 valence electrons. The van der Waals surface area contributed by atoms with E-state index in [2.05, 4.69) is 50.3 Å². The maximum Gasteiger partial charge on any atom is 0.472 e. The van der Waals surface area contributed by atoms with Crippen molar-refractivity contribution >= 4 is 19.8 Å². The maximum absolute atomic E-state index is 12.7. The van der Waals surface area contributed by atoms with E-state index in [4.69, 9.17) is 24.3 Å². The van der Waals surface area contributed by atoms with Crippen molar-refractivity contribution in [3.8, 4) is 0 Å². The van der Waals surface area contributed by atoms with E-state index in [1.54, 1.807) is 0 Å². The number of unbranched alkanes of at least 4 members (excludes halogenated alkanes) is 33. The van der Waals surface area contributed by atoms with Crippen LogP contribution in [-0.2, 0) is 32.7 Å². The molecule has 0 radical (unpaired) electrons. The van der Waals surface area contributed by atoms with Crippen molar-refractivity contribution < 1.29 is 37.6 Å². The molecule has 0 aliphatic carbocycles. The molecule has 0 aliphatic heterocycles. The van der Waals surface area contributed by atoms with Crippen molar-refractivity contribution in [3.63, 3.8) is 0 Å². The van der Waals surface area contributed by atoms with Gasteiger partial charge in [0, 0.05) is 19.4 Å². The van der Waals surface area contributed by atoms with Crippen molar-refractivity contribution in [2.45, 2.75) is 277 Å². The molecule has 0 bridgehead atoms. The molecule has 2 unspecified atom stereocenters. The maximum atomic E-state index is 12.7. The van der Waals surface area contributed by atoms with Gasteiger partial charge in [-0.25, -0.2) is 4.57 Å². The van der Waals surface area contributed by atoms with Crippen LogP contribution in [0, 0.1) is 0 Å². The quantitative estimate of drug-likeness (QED) is 0.0264. The minimum atomic E-state index is -4.38. The lowest BCUT2D eigenvalue weighted by atomic mass is 10.0. The second-order valence-electron chi connectivity index (χ2n) is 18.4. The first-order valence-electron chi connectivity index (χ1n) is 27.5. The van der Waals surface area contributed by atoms with Crippen LogP contribution in [0.2, 0.25) is 0 Å². The SMILES string of the molecule is CCCCCC/C=C\CCCCCCCC(=O)OCC(COP(=O)(O)OCCN)OC(=O)CCCCCCCCCCCCCCCCCCCCC/C=C\C/C=C\CCCCCCC. The summed E-state index contributed by atoms with van der Waals surface area (Å²) in [6.45, 7) is 3.73. The van der Waals surface area contributed by atoms with E-state index in [9.17, 15) is 19.0 Å². The van der Waals surface area contributed by atoms with Gasteiger partial charge in [-0.2, -0.15) is 0 Å². The standard InChI is InChI=1S/C55H104NO8P/c1-3-5-7-9-11-13-15-17-18-19-20-21-22-23-24-25-26-27-28-29-30-31-32-33-34-36-38-40-42-44-46-48-55(58)64-53(52-63-65(59,60)62-50-49-56)51-61-54(57)47-45-43-41-39-37-35-16-14-12-10-8-6-4-2/h14-17,19-20,53H,3-13,18,21-52,56H2,1-2H3,(H,59,60)/b16-14-,17-15-,20-19-. The first-order valence-corrected chi connectivity index (χ1v) is 29.0. The third-order valence-corrected chi connectivity index (χ3v) is 13.0. The smallest absolute Gasteiger partial charge is 0.462 e. The summed E-state index contributed by atoms with van der Waals surface area (Å²) < 4.78 is 32.9.